The molecule has 23 heavy (non-hydrogen) atoms. The second-order valence-corrected chi connectivity index (χ2v) is 5.00. The van der Waals surface area contributed by atoms with Gasteiger partial charge in [0.1, 0.15) is 12.4 Å². The number of carbonyl (C=O) groups is 2. The topological polar surface area (TPSA) is 83.8 Å². The molecule has 0 unspecified atom stereocenters. The Labute approximate surface area is 133 Å². The standard InChI is InChI=1S/C18H16O5/c1-12-5-7-13(8-6-12)11-23-15-4-2-3-14(9-15)16(19)10-17(20)18(21)22/h2-10,20H,11H2,1H3,(H,21,22)/b17-10-. The number of aliphatic carboxylic acids is 1. The van der Waals surface area contributed by atoms with Crippen LogP contribution in [0.5, 0.6) is 5.75 Å². The van der Waals surface area contributed by atoms with Crippen LogP contribution in [-0.2, 0) is 11.4 Å². The molecule has 0 saturated heterocycles. The highest BCUT2D eigenvalue weighted by Gasteiger charge is 2.10. The summed E-state index contributed by atoms with van der Waals surface area (Å²) in [6.45, 7) is 2.36. The molecule has 0 aromatic heterocycles. The highest BCUT2D eigenvalue weighted by molar-refractivity contribution is 6.07. The van der Waals surface area contributed by atoms with Gasteiger partial charge in [0, 0.05) is 11.6 Å². The first-order valence-corrected chi connectivity index (χ1v) is 6.92. The molecule has 0 radical (unpaired) electrons. The van der Waals surface area contributed by atoms with Crippen LogP contribution < -0.4 is 4.74 Å². The van der Waals surface area contributed by atoms with E-state index in [9.17, 15) is 9.59 Å². The number of benzene rings is 2. The number of hydrogen-bond donors (Lipinski definition) is 2. The lowest BCUT2D eigenvalue weighted by molar-refractivity contribution is -0.135. The molecule has 5 nitrogen and oxygen atoms in total. The van der Waals surface area contributed by atoms with Gasteiger partial charge >= 0.3 is 5.97 Å². The van der Waals surface area contributed by atoms with Crippen LogP contribution in [0.4, 0.5) is 0 Å². The van der Waals surface area contributed by atoms with E-state index in [1.807, 2.05) is 31.2 Å². The normalized spacial score (nSPS) is 11.1. The van der Waals surface area contributed by atoms with E-state index in [4.69, 9.17) is 14.9 Å². The first kappa shape index (κ1) is 16.3. The first-order chi connectivity index (χ1) is 11.0. The Morgan fingerprint density at radius 2 is 1.78 bits per heavy atom. The lowest BCUT2D eigenvalue weighted by atomic mass is 10.1. The number of carbonyl (C=O) groups excluding carboxylic acids is 1. The predicted octanol–water partition coefficient (Wildman–Crippen LogP) is 3.28. The quantitative estimate of drug-likeness (QED) is 0.486. The summed E-state index contributed by atoms with van der Waals surface area (Å²) in [5.41, 5.74) is 2.39. The van der Waals surface area contributed by atoms with Crippen molar-refractivity contribution in [3.63, 3.8) is 0 Å². The summed E-state index contributed by atoms with van der Waals surface area (Å²) in [4.78, 5) is 22.4. The molecule has 5 heteroatoms. The largest absolute Gasteiger partial charge is 0.502 e. The monoisotopic (exact) mass is 312 g/mol. The van der Waals surface area contributed by atoms with Gasteiger partial charge in [-0.25, -0.2) is 4.79 Å². The molecule has 2 aromatic carbocycles. The van der Waals surface area contributed by atoms with Crippen LogP contribution in [0.1, 0.15) is 21.5 Å². The molecular formula is C18H16O5. The van der Waals surface area contributed by atoms with Crippen LogP contribution in [0.3, 0.4) is 0 Å². The third-order valence-electron chi connectivity index (χ3n) is 3.13. The maximum absolute atomic E-state index is 11.9. The molecule has 0 heterocycles. The Balaban J connectivity index is 2.07. The van der Waals surface area contributed by atoms with Crippen LogP contribution in [0.2, 0.25) is 0 Å². The number of ketones is 1. The minimum absolute atomic E-state index is 0.235. The molecule has 0 amide bonds. The average molecular weight is 312 g/mol. The van der Waals surface area contributed by atoms with E-state index in [1.165, 1.54) is 12.1 Å². The summed E-state index contributed by atoms with van der Waals surface area (Å²) >= 11 is 0. The molecular weight excluding hydrogens is 296 g/mol. The minimum atomic E-state index is -1.55. The number of carboxylic acid groups (broad SMARTS) is 1. The molecule has 0 fully saturated rings. The highest BCUT2D eigenvalue weighted by atomic mass is 16.5. The molecule has 0 spiro atoms. The number of rotatable bonds is 6. The molecule has 118 valence electrons. The zero-order chi connectivity index (χ0) is 16.8. The maximum Gasteiger partial charge on any atom is 0.371 e. The van der Waals surface area contributed by atoms with Gasteiger partial charge in [0.2, 0.25) is 5.76 Å². The predicted molar refractivity (Wildman–Crippen MR) is 84.6 cm³/mol. The first-order valence-electron chi connectivity index (χ1n) is 6.92. The van der Waals surface area contributed by atoms with Crippen molar-refractivity contribution in [2.75, 3.05) is 0 Å². The minimum Gasteiger partial charge on any atom is -0.502 e. The SMILES string of the molecule is Cc1ccc(COc2cccc(C(=O)/C=C(\O)C(=O)O)c2)cc1. The summed E-state index contributed by atoms with van der Waals surface area (Å²) in [6, 6.07) is 14.2. The number of aliphatic hydroxyl groups excluding tert-OH is 1. The van der Waals surface area contributed by atoms with Gasteiger partial charge in [-0.15, -0.1) is 0 Å². The zero-order valence-electron chi connectivity index (χ0n) is 12.5. The van der Waals surface area contributed by atoms with Crippen molar-refractivity contribution in [2.24, 2.45) is 0 Å². The second kappa shape index (κ2) is 7.26. The smallest absolute Gasteiger partial charge is 0.371 e. The van der Waals surface area contributed by atoms with E-state index >= 15 is 0 Å². The summed E-state index contributed by atoms with van der Waals surface area (Å²) < 4.78 is 5.62. The Bertz CT molecular complexity index is 744. The van der Waals surface area contributed by atoms with Gasteiger partial charge in [-0.1, -0.05) is 42.0 Å². The second-order valence-electron chi connectivity index (χ2n) is 5.00. The molecule has 0 bridgehead atoms. The molecule has 0 aliphatic carbocycles. The van der Waals surface area contributed by atoms with Crippen LogP contribution in [0.25, 0.3) is 0 Å². The lowest BCUT2D eigenvalue weighted by Gasteiger charge is -2.07. The van der Waals surface area contributed by atoms with Gasteiger partial charge in [-0.3, -0.25) is 4.79 Å². The number of aryl methyl sites for hydroxylation is 1. The fraction of sp³-hybridized carbons (Fsp3) is 0.111. The Hall–Kier alpha value is -3.08. The number of allylic oxidation sites excluding steroid dienone is 1. The summed E-state index contributed by atoms with van der Waals surface area (Å²) in [5.74, 6) is -2.67. The molecule has 0 aliphatic rings. The summed E-state index contributed by atoms with van der Waals surface area (Å²) in [7, 11) is 0. The number of carboxylic acids is 1. The fourth-order valence-electron chi connectivity index (χ4n) is 1.86. The van der Waals surface area contributed by atoms with E-state index in [-0.39, 0.29) is 5.56 Å². The van der Waals surface area contributed by atoms with Crippen molar-refractivity contribution in [1.82, 2.24) is 0 Å². The zero-order valence-corrected chi connectivity index (χ0v) is 12.5. The van der Waals surface area contributed by atoms with Gasteiger partial charge < -0.3 is 14.9 Å². The van der Waals surface area contributed by atoms with Crippen molar-refractivity contribution in [1.29, 1.82) is 0 Å². The van der Waals surface area contributed by atoms with Crippen molar-refractivity contribution < 1.29 is 24.5 Å². The van der Waals surface area contributed by atoms with E-state index in [0.29, 0.717) is 18.4 Å². The lowest BCUT2D eigenvalue weighted by Crippen LogP contribution is -2.04. The average Bonchev–Trinajstić information content (AvgIpc) is 2.54. The summed E-state index contributed by atoms with van der Waals surface area (Å²) in [6.07, 6.45) is 0.668. The number of ether oxygens (including phenoxy) is 1. The van der Waals surface area contributed by atoms with Crippen LogP contribution in [0, 0.1) is 6.92 Å². The third kappa shape index (κ3) is 4.71. The number of aliphatic hydroxyl groups is 1. The summed E-state index contributed by atoms with van der Waals surface area (Å²) in [5, 5.41) is 17.7. The van der Waals surface area contributed by atoms with Crippen LogP contribution in [0.15, 0.2) is 60.4 Å². The van der Waals surface area contributed by atoms with Crippen molar-refractivity contribution in [3.8, 4) is 5.75 Å². The third-order valence-corrected chi connectivity index (χ3v) is 3.13. The van der Waals surface area contributed by atoms with Crippen molar-refractivity contribution >= 4 is 11.8 Å². The Morgan fingerprint density at radius 3 is 2.43 bits per heavy atom. The van der Waals surface area contributed by atoms with E-state index < -0.39 is 17.5 Å². The molecule has 0 atom stereocenters. The molecule has 2 N–H and O–H groups in total. The molecule has 0 saturated carbocycles. The van der Waals surface area contributed by atoms with E-state index in [1.54, 1.807) is 12.1 Å². The van der Waals surface area contributed by atoms with Gasteiger partial charge in [-0.2, -0.15) is 0 Å². The van der Waals surface area contributed by atoms with Crippen molar-refractivity contribution in [3.05, 3.63) is 77.1 Å². The molecule has 0 aliphatic heterocycles. The Kier molecular flexibility index (Phi) is 5.15. The maximum atomic E-state index is 11.9. The van der Waals surface area contributed by atoms with E-state index in [0.717, 1.165) is 11.1 Å². The number of hydrogen-bond acceptors (Lipinski definition) is 4. The van der Waals surface area contributed by atoms with Gasteiger partial charge in [0.05, 0.1) is 0 Å². The van der Waals surface area contributed by atoms with Crippen LogP contribution in [-0.4, -0.2) is 22.0 Å². The fourth-order valence-corrected chi connectivity index (χ4v) is 1.86. The molecule has 2 rings (SSSR count). The van der Waals surface area contributed by atoms with Gasteiger partial charge in [0.15, 0.2) is 5.78 Å². The van der Waals surface area contributed by atoms with Gasteiger partial charge in [-0.05, 0) is 24.6 Å². The highest BCUT2D eigenvalue weighted by Crippen LogP contribution is 2.16. The van der Waals surface area contributed by atoms with Crippen LogP contribution >= 0.6 is 0 Å². The van der Waals surface area contributed by atoms with E-state index in [2.05, 4.69) is 0 Å². The van der Waals surface area contributed by atoms with Gasteiger partial charge in [0.25, 0.3) is 0 Å². The van der Waals surface area contributed by atoms with Crippen molar-refractivity contribution in [2.45, 2.75) is 13.5 Å². The Morgan fingerprint density at radius 1 is 1.09 bits per heavy atom. The molecule has 2 aromatic rings.